The van der Waals surface area contributed by atoms with Crippen molar-refractivity contribution in [3.05, 3.63) is 54.7 Å². The van der Waals surface area contributed by atoms with Crippen LogP contribution in [0.2, 0.25) is 0 Å². The Labute approximate surface area is 217 Å². The van der Waals surface area contributed by atoms with Gasteiger partial charge in [-0.25, -0.2) is 8.42 Å². The monoisotopic (exact) mass is 526 g/mol. The third kappa shape index (κ3) is 5.69. The van der Waals surface area contributed by atoms with Crippen LogP contribution in [0, 0.1) is 0 Å². The number of rotatable bonds is 9. The maximum Gasteiger partial charge on any atom is 0.251 e. The molecule has 1 saturated heterocycles. The molecule has 4 rings (SSSR count). The first-order valence-corrected chi connectivity index (χ1v) is 13.7. The van der Waals surface area contributed by atoms with E-state index in [1.807, 2.05) is 30.9 Å². The average molecular weight is 527 g/mol. The lowest BCUT2D eigenvalue weighted by Crippen LogP contribution is -2.50. The van der Waals surface area contributed by atoms with Crippen molar-refractivity contribution in [3.8, 4) is 17.1 Å². The molecule has 1 atom stereocenters. The molecule has 0 spiro atoms. The van der Waals surface area contributed by atoms with Crippen molar-refractivity contribution in [1.29, 1.82) is 0 Å². The summed E-state index contributed by atoms with van der Waals surface area (Å²) in [6.07, 6.45) is 2.78. The number of carbonyl (C=O) groups is 1. The first-order chi connectivity index (χ1) is 17.6. The molecule has 1 unspecified atom stereocenters. The van der Waals surface area contributed by atoms with Crippen molar-refractivity contribution in [3.63, 3.8) is 0 Å². The Bertz CT molecular complexity index is 1380. The summed E-state index contributed by atoms with van der Waals surface area (Å²) in [6.45, 7) is 7.82. The van der Waals surface area contributed by atoms with Crippen LogP contribution in [0.15, 0.2) is 54.1 Å². The Balaban J connectivity index is 1.61. The number of pyridine rings is 1. The van der Waals surface area contributed by atoms with E-state index in [0.29, 0.717) is 53.9 Å². The second-order valence-electron chi connectivity index (χ2n) is 9.56. The number of piperazine rings is 1. The second kappa shape index (κ2) is 11.0. The molecular formula is C26H34N6O4S. The quantitative estimate of drug-likeness (QED) is 0.361. The Kier molecular flexibility index (Phi) is 7.98. The number of carbonyl (C=O) groups excluding carboxylic acids is 1. The fourth-order valence-corrected chi connectivity index (χ4v) is 6.05. The number of benzene rings is 1. The van der Waals surface area contributed by atoms with E-state index in [-0.39, 0.29) is 16.7 Å². The van der Waals surface area contributed by atoms with Gasteiger partial charge in [0.25, 0.3) is 5.91 Å². The number of aromatic amines is 1. The number of fused-ring (bicyclic) bond motifs is 1. The molecule has 0 saturated carbocycles. The number of sulfone groups is 1. The predicted octanol–water partition coefficient (Wildman–Crippen LogP) is 1.76. The molecule has 198 valence electrons. The molecule has 37 heavy (non-hydrogen) atoms. The van der Waals surface area contributed by atoms with Gasteiger partial charge in [-0.3, -0.25) is 14.7 Å². The molecule has 11 heteroatoms. The highest BCUT2D eigenvalue weighted by Gasteiger charge is 2.32. The first kappa shape index (κ1) is 26.8. The van der Waals surface area contributed by atoms with Gasteiger partial charge < -0.3 is 25.2 Å². The third-order valence-corrected chi connectivity index (χ3v) is 8.65. The molecule has 1 amide bonds. The summed E-state index contributed by atoms with van der Waals surface area (Å²) in [5.41, 5.74) is 1.88. The minimum Gasteiger partial charge on any atom is -0.494 e. The smallest absolute Gasteiger partial charge is 0.251 e. The molecule has 3 aromatic rings. The number of nitrogens with zero attached hydrogens (tertiary/aromatic N) is 4. The Morgan fingerprint density at radius 3 is 2.59 bits per heavy atom. The number of likely N-dealkylation sites (N-methyl/N-ethyl adjacent to an activating group) is 2. The molecule has 3 N–H and O–H groups in total. The largest absolute Gasteiger partial charge is 0.494 e. The van der Waals surface area contributed by atoms with Gasteiger partial charge in [-0.15, -0.1) is 6.58 Å². The Hall–Kier alpha value is -3.25. The maximum atomic E-state index is 13.4. The zero-order valence-corrected chi connectivity index (χ0v) is 22.3. The summed E-state index contributed by atoms with van der Waals surface area (Å²) in [4.78, 5) is 26.0. The molecule has 0 aliphatic carbocycles. The summed E-state index contributed by atoms with van der Waals surface area (Å²) < 4.78 is 26.8. The van der Waals surface area contributed by atoms with Crippen LogP contribution < -0.4 is 5.32 Å². The normalized spacial score (nSPS) is 16.2. The summed E-state index contributed by atoms with van der Waals surface area (Å²) in [6, 6.07) is 8.18. The van der Waals surface area contributed by atoms with Gasteiger partial charge in [-0.1, -0.05) is 6.08 Å². The SMILES string of the molecule is C=CC(N1CCN(C)CC1)S(=O)(=O)c1ccc(-c2c(O)[nH]c3ccc(C(=O)NCCN(C)C)cc23)nc1. The van der Waals surface area contributed by atoms with Crippen LogP contribution in [0.4, 0.5) is 0 Å². The third-order valence-electron chi connectivity index (χ3n) is 6.62. The van der Waals surface area contributed by atoms with Gasteiger partial charge in [0.15, 0.2) is 15.7 Å². The van der Waals surface area contributed by atoms with Crippen molar-refractivity contribution >= 4 is 26.6 Å². The van der Waals surface area contributed by atoms with Gasteiger partial charge in [0.05, 0.1) is 16.2 Å². The minimum atomic E-state index is -3.74. The molecule has 1 aliphatic rings. The molecule has 1 aromatic carbocycles. The number of H-pyrrole nitrogens is 1. The van der Waals surface area contributed by atoms with Gasteiger partial charge in [0.2, 0.25) is 0 Å². The van der Waals surface area contributed by atoms with Crippen LogP contribution in [0.1, 0.15) is 10.4 Å². The average Bonchev–Trinajstić information content (AvgIpc) is 3.20. The molecular weight excluding hydrogens is 492 g/mol. The van der Waals surface area contributed by atoms with Gasteiger partial charge in [-0.05, 0) is 51.5 Å². The standard InChI is InChI=1S/C26H34N6O4S/c1-5-23(32-14-12-31(4)13-15-32)37(35,36)19-7-9-22(28-17-19)24-20-16-18(6-8-21(20)29-26(24)34)25(33)27-10-11-30(2)3/h5-9,16-17,23,29,34H,1,10-15H2,2-4H3,(H,27,33). The van der Waals surface area contributed by atoms with Crippen molar-refractivity contribution in [2.45, 2.75) is 10.3 Å². The van der Waals surface area contributed by atoms with E-state index in [9.17, 15) is 18.3 Å². The van der Waals surface area contributed by atoms with Crippen molar-refractivity contribution in [1.82, 2.24) is 30.0 Å². The Morgan fingerprint density at radius 1 is 1.24 bits per heavy atom. The van der Waals surface area contributed by atoms with Crippen LogP contribution in [0.25, 0.3) is 22.2 Å². The van der Waals surface area contributed by atoms with Gasteiger partial charge in [0.1, 0.15) is 5.37 Å². The lowest BCUT2D eigenvalue weighted by Gasteiger charge is -2.36. The van der Waals surface area contributed by atoms with E-state index < -0.39 is 15.2 Å². The number of amides is 1. The van der Waals surface area contributed by atoms with Crippen LogP contribution >= 0.6 is 0 Å². The van der Waals surface area contributed by atoms with Crippen LogP contribution in [0.5, 0.6) is 5.88 Å². The van der Waals surface area contributed by atoms with E-state index in [1.54, 1.807) is 24.3 Å². The highest BCUT2D eigenvalue weighted by atomic mass is 32.2. The predicted molar refractivity (Wildman–Crippen MR) is 144 cm³/mol. The second-order valence-corrected chi connectivity index (χ2v) is 11.6. The summed E-state index contributed by atoms with van der Waals surface area (Å²) in [5.74, 6) is -0.325. The number of hydrogen-bond donors (Lipinski definition) is 3. The summed E-state index contributed by atoms with van der Waals surface area (Å²) in [7, 11) is 2.13. The van der Waals surface area contributed by atoms with E-state index in [2.05, 4.69) is 26.8 Å². The van der Waals surface area contributed by atoms with Crippen molar-refractivity contribution < 1.29 is 18.3 Å². The van der Waals surface area contributed by atoms with E-state index >= 15 is 0 Å². The zero-order valence-electron chi connectivity index (χ0n) is 21.4. The number of nitrogens with one attached hydrogen (secondary N) is 2. The number of aromatic hydroxyl groups is 1. The molecule has 1 aliphatic heterocycles. The van der Waals surface area contributed by atoms with Crippen molar-refractivity contribution in [2.75, 3.05) is 60.4 Å². The van der Waals surface area contributed by atoms with E-state index in [1.165, 1.54) is 18.3 Å². The lowest BCUT2D eigenvalue weighted by atomic mass is 10.1. The van der Waals surface area contributed by atoms with Crippen LogP contribution in [-0.4, -0.2) is 110 Å². The molecule has 10 nitrogen and oxygen atoms in total. The molecule has 0 radical (unpaired) electrons. The number of hydrogen-bond acceptors (Lipinski definition) is 8. The van der Waals surface area contributed by atoms with Crippen LogP contribution in [-0.2, 0) is 9.84 Å². The maximum absolute atomic E-state index is 13.4. The Morgan fingerprint density at radius 2 is 1.97 bits per heavy atom. The van der Waals surface area contributed by atoms with Crippen molar-refractivity contribution in [2.24, 2.45) is 0 Å². The zero-order chi connectivity index (χ0) is 26.7. The summed E-state index contributed by atoms with van der Waals surface area (Å²) in [5, 5.41) is 13.3. The molecule has 3 heterocycles. The number of aromatic nitrogens is 2. The first-order valence-electron chi connectivity index (χ1n) is 12.1. The lowest BCUT2D eigenvalue weighted by molar-refractivity contribution is 0.0951. The van der Waals surface area contributed by atoms with Gasteiger partial charge in [-0.2, -0.15) is 0 Å². The van der Waals surface area contributed by atoms with Crippen LogP contribution in [0.3, 0.4) is 0 Å². The fraction of sp³-hybridized carbons (Fsp3) is 0.385. The van der Waals surface area contributed by atoms with Gasteiger partial charge in [0, 0.05) is 61.9 Å². The van der Waals surface area contributed by atoms with E-state index in [0.717, 1.165) is 13.1 Å². The highest BCUT2D eigenvalue weighted by molar-refractivity contribution is 7.92. The molecule has 2 aromatic heterocycles. The highest BCUT2D eigenvalue weighted by Crippen LogP contribution is 2.36. The summed E-state index contributed by atoms with van der Waals surface area (Å²) >= 11 is 0. The minimum absolute atomic E-state index is 0.0837. The molecule has 0 bridgehead atoms. The molecule has 1 fully saturated rings. The van der Waals surface area contributed by atoms with Gasteiger partial charge >= 0.3 is 0 Å². The topological polar surface area (TPSA) is 122 Å². The fourth-order valence-electron chi connectivity index (χ4n) is 4.46. The van der Waals surface area contributed by atoms with E-state index in [4.69, 9.17) is 0 Å².